The van der Waals surface area contributed by atoms with Gasteiger partial charge in [-0.05, 0) is 54.7 Å². The molecule has 0 bridgehead atoms. The van der Waals surface area contributed by atoms with Gasteiger partial charge in [-0.15, -0.1) is 0 Å². The summed E-state index contributed by atoms with van der Waals surface area (Å²) < 4.78 is 28.2. The van der Waals surface area contributed by atoms with E-state index in [0.717, 1.165) is 5.56 Å². The largest absolute Gasteiger partial charge is 0.310 e. The molecule has 4 heteroatoms. The fraction of sp³-hybridized carbons (Fsp3) is 0.294. The van der Waals surface area contributed by atoms with Crippen LogP contribution in [0.25, 0.3) is 11.1 Å². The van der Waals surface area contributed by atoms with Crippen molar-refractivity contribution in [1.29, 1.82) is 0 Å². The molecule has 2 aromatic carbocycles. The van der Waals surface area contributed by atoms with E-state index >= 15 is 0 Å². The van der Waals surface area contributed by atoms with Crippen LogP contribution in [0.5, 0.6) is 0 Å². The van der Waals surface area contributed by atoms with Crippen LogP contribution in [0.2, 0.25) is 5.02 Å². The Morgan fingerprint density at radius 3 is 2.67 bits per heavy atom. The quantitative estimate of drug-likeness (QED) is 0.852. The molecule has 1 fully saturated rings. The van der Waals surface area contributed by atoms with Gasteiger partial charge in [-0.2, -0.15) is 0 Å². The minimum Gasteiger partial charge on any atom is -0.310 e. The zero-order valence-electron chi connectivity index (χ0n) is 11.7. The number of halogens is 3. The summed E-state index contributed by atoms with van der Waals surface area (Å²) in [5, 5.41) is 3.97. The van der Waals surface area contributed by atoms with Gasteiger partial charge in [0.2, 0.25) is 0 Å². The minimum atomic E-state index is -0.554. The van der Waals surface area contributed by atoms with Crippen molar-refractivity contribution in [2.45, 2.75) is 32.4 Å². The first-order chi connectivity index (χ1) is 10.1. The predicted octanol–water partition coefficient (Wildman–Crippen LogP) is 4.85. The molecule has 21 heavy (non-hydrogen) atoms. The highest BCUT2D eigenvalue weighted by atomic mass is 35.5. The normalized spacial score (nSPS) is 14.5. The van der Waals surface area contributed by atoms with Crippen LogP contribution in [0.3, 0.4) is 0 Å². The summed E-state index contributed by atoms with van der Waals surface area (Å²) >= 11 is 6.17. The number of hydrogen-bond donors (Lipinski definition) is 1. The number of nitrogens with one attached hydrogen (secondary N) is 1. The molecule has 3 rings (SSSR count). The van der Waals surface area contributed by atoms with Crippen LogP contribution in [0, 0.1) is 18.6 Å². The van der Waals surface area contributed by atoms with Crippen LogP contribution < -0.4 is 5.32 Å². The van der Waals surface area contributed by atoms with Gasteiger partial charge < -0.3 is 5.32 Å². The van der Waals surface area contributed by atoms with Crippen molar-refractivity contribution >= 4 is 11.6 Å². The maximum Gasteiger partial charge on any atom is 0.136 e. The second-order valence-corrected chi connectivity index (χ2v) is 5.92. The van der Waals surface area contributed by atoms with E-state index in [1.807, 2.05) is 0 Å². The summed E-state index contributed by atoms with van der Waals surface area (Å²) in [4.78, 5) is 0. The third-order valence-electron chi connectivity index (χ3n) is 3.78. The van der Waals surface area contributed by atoms with Crippen molar-refractivity contribution < 1.29 is 8.78 Å². The third kappa shape index (κ3) is 3.09. The molecule has 1 aliphatic rings. The maximum atomic E-state index is 14.2. The van der Waals surface area contributed by atoms with Crippen molar-refractivity contribution in [3.8, 4) is 11.1 Å². The van der Waals surface area contributed by atoms with Crippen LogP contribution >= 0.6 is 11.6 Å². The van der Waals surface area contributed by atoms with Gasteiger partial charge >= 0.3 is 0 Å². The fourth-order valence-electron chi connectivity index (χ4n) is 2.33. The molecule has 110 valence electrons. The smallest absolute Gasteiger partial charge is 0.136 e. The van der Waals surface area contributed by atoms with Crippen LogP contribution in [0.1, 0.15) is 24.0 Å². The first kappa shape index (κ1) is 14.5. The van der Waals surface area contributed by atoms with Gasteiger partial charge in [0.05, 0.1) is 5.56 Å². The standard InChI is InChI=1S/C17H16ClF2N/c1-10-2-7-15(19)16(17(10)20)11-3-6-14(18)12(8-11)9-21-13-4-5-13/h2-3,6-8,13,21H,4-5,9H2,1H3. The molecular formula is C17H16ClF2N. The van der Waals surface area contributed by atoms with E-state index in [9.17, 15) is 8.78 Å². The van der Waals surface area contributed by atoms with Gasteiger partial charge in [0, 0.05) is 17.6 Å². The fourth-order valence-corrected chi connectivity index (χ4v) is 2.51. The van der Waals surface area contributed by atoms with E-state index in [0.29, 0.717) is 28.7 Å². The molecule has 0 radical (unpaired) electrons. The highest BCUT2D eigenvalue weighted by Gasteiger charge is 2.21. The lowest BCUT2D eigenvalue weighted by molar-refractivity contribution is 0.583. The lowest BCUT2D eigenvalue weighted by atomic mass is 10.00. The summed E-state index contributed by atoms with van der Waals surface area (Å²) in [5.41, 5.74) is 1.82. The summed E-state index contributed by atoms with van der Waals surface area (Å²) in [6.45, 7) is 2.25. The summed E-state index contributed by atoms with van der Waals surface area (Å²) in [7, 11) is 0. The Morgan fingerprint density at radius 1 is 1.19 bits per heavy atom. The van der Waals surface area contributed by atoms with E-state index in [4.69, 9.17) is 11.6 Å². The number of aryl methyl sites for hydroxylation is 1. The zero-order valence-corrected chi connectivity index (χ0v) is 12.5. The second kappa shape index (κ2) is 5.74. The molecule has 1 aliphatic carbocycles. The molecule has 2 aromatic rings. The highest BCUT2D eigenvalue weighted by Crippen LogP contribution is 2.31. The number of hydrogen-bond acceptors (Lipinski definition) is 1. The number of benzene rings is 2. The summed E-state index contributed by atoms with van der Waals surface area (Å²) in [6, 6.07) is 8.41. The van der Waals surface area contributed by atoms with Crippen molar-refractivity contribution in [1.82, 2.24) is 5.32 Å². The van der Waals surface area contributed by atoms with E-state index in [2.05, 4.69) is 5.32 Å². The van der Waals surface area contributed by atoms with Gasteiger partial charge in [0.25, 0.3) is 0 Å². The molecule has 1 nitrogen and oxygen atoms in total. The van der Waals surface area contributed by atoms with E-state index in [-0.39, 0.29) is 5.56 Å². The molecule has 1 N–H and O–H groups in total. The average Bonchev–Trinajstić information content (AvgIpc) is 3.28. The number of rotatable bonds is 4. The topological polar surface area (TPSA) is 12.0 Å². The lowest BCUT2D eigenvalue weighted by Crippen LogP contribution is -2.15. The minimum absolute atomic E-state index is 0.0133. The molecule has 1 saturated carbocycles. The van der Waals surface area contributed by atoms with E-state index in [1.165, 1.54) is 25.0 Å². The van der Waals surface area contributed by atoms with E-state index < -0.39 is 11.6 Å². The van der Waals surface area contributed by atoms with Gasteiger partial charge in [0.1, 0.15) is 11.6 Å². The molecule has 0 aliphatic heterocycles. The van der Waals surface area contributed by atoms with Gasteiger partial charge in [-0.1, -0.05) is 23.7 Å². The molecule has 0 amide bonds. The van der Waals surface area contributed by atoms with Crippen molar-refractivity contribution in [3.05, 3.63) is 58.1 Å². The molecule has 0 heterocycles. The van der Waals surface area contributed by atoms with Gasteiger partial charge in [-0.3, -0.25) is 0 Å². The first-order valence-corrected chi connectivity index (χ1v) is 7.41. The molecule has 0 saturated heterocycles. The Kier molecular flexibility index (Phi) is 3.96. The second-order valence-electron chi connectivity index (χ2n) is 5.51. The highest BCUT2D eigenvalue weighted by molar-refractivity contribution is 6.31. The SMILES string of the molecule is Cc1ccc(F)c(-c2ccc(Cl)c(CNC3CC3)c2)c1F. The summed E-state index contributed by atoms with van der Waals surface area (Å²) in [6.07, 6.45) is 2.36. The van der Waals surface area contributed by atoms with Crippen molar-refractivity contribution in [3.63, 3.8) is 0 Å². The molecule has 0 atom stereocenters. The molecule has 0 aromatic heterocycles. The Balaban J connectivity index is 1.98. The molecule has 0 unspecified atom stereocenters. The summed E-state index contributed by atoms with van der Waals surface area (Å²) in [5.74, 6) is -1.07. The van der Waals surface area contributed by atoms with Crippen molar-refractivity contribution in [2.75, 3.05) is 0 Å². The van der Waals surface area contributed by atoms with Crippen LogP contribution in [0.4, 0.5) is 8.78 Å². The third-order valence-corrected chi connectivity index (χ3v) is 4.15. The molecular weight excluding hydrogens is 292 g/mol. The Hall–Kier alpha value is -1.45. The first-order valence-electron chi connectivity index (χ1n) is 7.03. The zero-order chi connectivity index (χ0) is 15.0. The van der Waals surface area contributed by atoms with Gasteiger partial charge in [-0.25, -0.2) is 8.78 Å². The Bertz CT molecular complexity index is 681. The van der Waals surface area contributed by atoms with Crippen LogP contribution in [-0.2, 0) is 6.54 Å². The van der Waals surface area contributed by atoms with E-state index in [1.54, 1.807) is 25.1 Å². The van der Waals surface area contributed by atoms with Crippen LogP contribution in [-0.4, -0.2) is 6.04 Å². The molecule has 0 spiro atoms. The Labute approximate surface area is 127 Å². The predicted molar refractivity (Wildman–Crippen MR) is 81.4 cm³/mol. The van der Waals surface area contributed by atoms with Crippen molar-refractivity contribution in [2.24, 2.45) is 0 Å². The van der Waals surface area contributed by atoms with Crippen LogP contribution in [0.15, 0.2) is 30.3 Å². The monoisotopic (exact) mass is 307 g/mol. The average molecular weight is 308 g/mol. The lowest BCUT2D eigenvalue weighted by Gasteiger charge is -2.11. The Morgan fingerprint density at radius 2 is 1.95 bits per heavy atom. The maximum absolute atomic E-state index is 14.2. The van der Waals surface area contributed by atoms with Gasteiger partial charge in [0.15, 0.2) is 0 Å².